The fourth-order valence-electron chi connectivity index (χ4n) is 1.91. The minimum Gasteiger partial charge on any atom is -0.415 e. The summed E-state index contributed by atoms with van der Waals surface area (Å²) in [6, 6.07) is 6.30. The molecule has 0 unspecified atom stereocenters. The fraction of sp³-hybridized carbons (Fsp3) is 0.214. The number of alkyl halides is 2. The first kappa shape index (κ1) is 18.5. The molecular weight excluding hydrogens is 369 g/mol. The molecule has 2 rings (SSSR count). The molecule has 0 saturated carbocycles. The van der Waals surface area contributed by atoms with Crippen LogP contribution in [0.15, 0.2) is 41.4 Å². The summed E-state index contributed by atoms with van der Waals surface area (Å²) in [5, 5.41) is -0.0608. The van der Waals surface area contributed by atoms with Gasteiger partial charge in [0.25, 0.3) is 0 Å². The van der Waals surface area contributed by atoms with E-state index < -0.39 is 33.2 Å². The van der Waals surface area contributed by atoms with Crippen molar-refractivity contribution in [3.05, 3.63) is 52.9 Å². The quantitative estimate of drug-likeness (QED) is 0.771. The topological polar surface area (TPSA) is 59.5 Å². The van der Waals surface area contributed by atoms with Crippen LogP contribution < -0.4 is 4.74 Å². The van der Waals surface area contributed by atoms with Crippen molar-refractivity contribution in [1.29, 1.82) is 0 Å². The summed E-state index contributed by atoms with van der Waals surface area (Å²) >= 11 is 5.71. The van der Waals surface area contributed by atoms with Crippen LogP contribution in [0.4, 0.5) is 13.2 Å². The summed E-state index contributed by atoms with van der Waals surface area (Å²) in [5.74, 6) is -1.29. The van der Waals surface area contributed by atoms with Crippen LogP contribution in [0, 0.1) is 5.82 Å². The first-order valence-corrected chi connectivity index (χ1v) is 8.33. The van der Waals surface area contributed by atoms with Crippen molar-refractivity contribution in [2.24, 2.45) is 0 Å². The van der Waals surface area contributed by atoms with Gasteiger partial charge in [-0.3, -0.25) is 0 Å². The van der Waals surface area contributed by atoms with Gasteiger partial charge in [0.1, 0.15) is 10.7 Å². The van der Waals surface area contributed by atoms with E-state index in [1.54, 1.807) is 0 Å². The summed E-state index contributed by atoms with van der Waals surface area (Å²) in [6.45, 7) is -3.43. The van der Waals surface area contributed by atoms with Crippen LogP contribution >= 0.6 is 11.6 Å². The molecule has 2 aromatic rings. The third-order valence-electron chi connectivity index (χ3n) is 2.97. The second-order valence-electron chi connectivity index (χ2n) is 4.73. The highest BCUT2D eigenvalue weighted by molar-refractivity contribution is 7.89. The van der Waals surface area contributed by atoms with Crippen LogP contribution in [-0.2, 0) is 16.6 Å². The van der Waals surface area contributed by atoms with Gasteiger partial charge in [-0.1, -0.05) is 23.7 Å². The lowest BCUT2D eigenvalue weighted by Gasteiger charge is -2.19. The van der Waals surface area contributed by atoms with Crippen molar-refractivity contribution in [3.63, 3.8) is 0 Å². The Balaban J connectivity index is 2.37. The minimum atomic E-state index is -4.24. The molecule has 0 aliphatic heterocycles. The van der Waals surface area contributed by atoms with Gasteiger partial charge in [-0.2, -0.15) is 13.1 Å². The Morgan fingerprint density at radius 1 is 1.33 bits per heavy atom. The minimum absolute atomic E-state index is 0.0608. The molecule has 0 bridgehead atoms. The zero-order valence-corrected chi connectivity index (χ0v) is 13.9. The van der Waals surface area contributed by atoms with Crippen molar-refractivity contribution in [2.45, 2.75) is 18.1 Å². The predicted molar refractivity (Wildman–Crippen MR) is 80.9 cm³/mol. The largest absolute Gasteiger partial charge is 0.415 e. The molecule has 0 N–H and O–H groups in total. The maximum absolute atomic E-state index is 13.2. The Labute approximate surface area is 141 Å². The van der Waals surface area contributed by atoms with Gasteiger partial charge >= 0.3 is 6.61 Å². The van der Waals surface area contributed by atoms with Gasteiger partial charge in [-0.15, -0.1) is 0 Å². The van der Waals surface area contributed by atoms with Gasteiger partial charge in [0.2, 0.25) is 15.9 Å². The molecule has 1 aromatic heterocycles. The standard InChI is InChI=1S/C14H12ClF3N2O3S/c1-20(8-9-3-2-4-11(16)5-9)24(21,22)12-6-10(15)7-19-13(12)23-14(17)18/h2-7,14H,8H2,1H3. The lowest BCUT2D eigenvalue weighted by atomic mass is 10.2. The summed E-state index contributed by atoms with van der Waals surface area (Å²) < 4.78 is 68.2. The second-order valence-corrected chi connectivity index (χ2v) is 7.18. The second kappa shape index (κ2) is 7.37. The smallest absolute Gasteiger partial charge is 0.388 e. The summed E-state index contributed by atoms with van der Waals surface area (Å²) in [7, 11) is -3.03. The maximum Gasteiger partial charge on any atom is 0.388 e. The number of hydrogen-bond acceptors (Lipinski definition) is 4. The van der Waals surface area contributed by atoms with Crippen LogP contribution in [0.2, 0.25) is 5.02 Å². The fourth-order valence-corrected chi connectivity index (χ4v) is 3.39. The molecule has 0 fully saturated rings. The van der Waals surface area contributed by atoms with Crippen molar-refractivity contribution in [1.82, 2.24) is 9.29 Å². The van der Waals surface area contributed by atoms with Gasteiger partial charge in [0.15, 0.2) is 0 Å². The van der Waals surface area contributed by atoms with E-state index in [0.717, 1.165) is 16.6 Å². The molecule has 0 radical (unpaired) electrons. The molecule has 10 heteroatoms. The van der Waals surface area contributed by atoms with E-state index in [9.17, 15) is 21.6 Å². The number of sulfonamides is 1. The molecule has 0 spiro atoms. The van der Waals surface area contributed by atoms with Crippen LogP contribution in [0.3, 0.4) is 0 Å². The average molecular weight is 381 g/mol. The van der Waals surface area contributed by atoms with Gasteiger partial charge in [0, 0.05) is 19.8 Å². The lowest BCUT2D eigenvalue weighted by Crippen LogP contribution is -2.27. The predicted octanol–water partition coefficient (Wildman–Crippen LogP) is 3.30. The Hall–Kier alpha value is -1.84. The molecule has 130 valence electrons. The number of ether oxygens (including phenoxy) is 1. The molecule has 1 heterocycles. The van der Waals surface area contributed by atoms with E-state index in [1.165, 1.54) is 31.3 Å². The van der Waals surface area contributed by atoms with Crippen molar-refractivity contribution < 1.29 is 26.3 Å². The highest BCUT2D eigenvalue weighted by Gasteiger charge is 2.28. The molecule has 0 aliphatic carbocycles. The lowest BCUT2D eigenvalue weighted by molar-refractivity contribution is -0.0549. The van der Waals surface area contributed by atoms with Gasteiger partial charge in [0.05, 0.1) is 5.02 Å². The first-order valence-electron chi connectivity index (χ1n) is 6.51. The summed E-state index contributed by atoms with van der Waals surface area (Å²) in [4.78, 5) is 2.89. The number of nitrogens with zero attached hydrogens (tertiary/aromatic N) is 2. The van der Waals surface area contributed by atoms with Gasteiger partial charge < -0.3 is 4.74 Å². The van der Waals surface area contributed by atoms with Crippen molar-refractivity contribution in [3.8, 4) is 5.88 Å². The summed E-state index contributed by atoms with van der Waals surface area (Å²) in [5.41, 5.74) is 0.382. The third kappa shape index (κ3) is 4.37. The maximum atomic E-state index is 13.2. The normalized spacial score (nSPS) is 12.0. The molecule has 1 aromatic carbocycles. The van der Waals surface area contributed by atoms with E-state index in [4.69, 9.17) is 11.6 Å². The summed E-state index contributed by atoms with van der Waals surface area (Å²) in [6.07, 6.45) is 0.991. The number of halogens is 4. The number of rotatable bonds is 6. The Morgan fingerprint density at radius 3 is 2.67 bits per heavy atom. The highest BCUT2D eigenvalue weighted by atomic mass is 35.5. The van der Waals surface area contributed by atoms with Crippen molar-refractivity contribution in [2.75, 3.05) is 7.05 Å². The Morgan fingerprint density at radius 2 is 2.04 bits per heavy atom. The molecular formula is C14H12ClF3N2O3S. The molecule has 5 nitrogen and oxygen atoms in total. The SMILES string of the molecule is CN(Cc1cccc(F)c1)S(=O)(=O)c1cc(Cl)cnc1OC(F)F. The Bertz CT molecular complexity index is 834. The van der Waals surface area contributed by atoms with E-state index >= 15 is 0 Å². The van der Waals surface area contributed by atoms with Gasteiger partial charge in [-0.05, 0) is 23.8 Å². The average Bonchev–Trinajstić information content (AvgIpc) is 2.48. The molecule has 0 saturated heterocycles. The zero-order chi connectivity index (χ0) is 17.9. The third-order valence-corrected chi connectivity index (χ3v) is 4.97. The van der Waals surface area contributed by atoms with Gasteiger partial charge in [-0.25, -0.2) is 17.8 Å². The zero-order valence-electron chi connectivity index (χ0n) is 12.3. The van der Waals surface area contributed by atoms with Crippen LogP contribution in [0.5, 0.6) is 5.88 Å². The number of aromatic nitrogens is 1. The van der Waals surface area contributed by atoms with Crippen LogP contribution in [-0.4, -0.2) is 31.4 Å². The molecule has 24 heavy (non-hydrogen) atoms. The highest BCUT2D eigenvalue weighted by Crippen LogP contribution is 2.28. The number of benzene rings is 1. The van der Waals surface area contributed by atoms with E-state index in [1.807, 2.05) is 0 Å². The molecule has 0 aliphatic rings. The first-order chi connectivity index (χ1) is 11.2. The number of hydrogen-bond donors (Lipinski definition) is 0. The van der Waals surface area contributed by atoms with Crippen molar-refractivity contribution >= 4 is 21.6 Å². The van der Waals surface area contributed by atoms with Crippen LogP contribution in [0.25, 0.3) is 0 Å². The van der Waals surface area contributed by atoms with Crippen LogP contribution in [0.1, 0.15) is 5.56 Å². The molecule has 0 atom stereocenters. The van der Waals surface area contributed by atoms with E-state index in [-0.39, 0.29) is 11.6 Å². The van der Waals surface area contributed by atoms with E-state index in [0.29, 0.717) is 5.56 Å². The monoisotopic (exact) mass is 380 g/mol. The molecule has 0 amide bonds. The Kier molecular flexibility index (Phi) is 5.68. The number of pyridine rings is 1. The van der Waals surface area contributed by atoms with E-state index in [2.05, 4.69) is 9.72 Å².